The van der Waals surface area contributed by atoms with E-state index < -0.39 is 17.6 Å². The second-order valence-electron chi connectivity index (χ2n) is 16.6. The molecule has 0 heterocycles. The van der Waals surface area contributed by atoms with Gasteiger partial charge < -0.3 is 20.6 Å². The fraction of sp³-hybridized carbons (Fsp3) is 0.750. The highest BCUT2D eigenvalue weighted by Crippen LogP contribution is 2.75. The van der Waals surface area contributed by atoms with Crippen LogP contribution >= 0.6 is 0 Å². The van der Waals surface area contributed by atoms with Crippen LogP contribution in [-0.2, 0) is 4.79 Å². The number of rotatable bonds is 3. The number of anilines is 1. The predicted octanol–water partition coefficient (Wildman–Crippen LogP) is 6.73. The van der Waals surface area contributed by atoms with Crippen LogP contribution in [0.5, 0.6) is 0 Å². The van der Waals surface area contributed by atoms with Crippen LogP contribution in [0.25, 0.3) is 0 Å². The molecule has 4 N–H and O–H groups in total. The number of aliphatic hydroxyl groups is 3. The SMILES string of the molecule is CC1(C)CC[C@]2(C(=O)Nc3ccccc3)CC[C@]3(C)C(=CCC4[C@@]5(C)C[C@@H](O)[C@H](O)[C@@](C)(CO)C5CC[C@]43C)C2C1. The molecule has 3 unspecified atom stereocenters. The smallest absolute Gasteiger partial charge is 0.231 e. The van der Waals surface area contributed by atoms with E-state index in [0.29, 0.717) is 12.3 Å². The van der Waals surface area contributed by atoms with E-state index in [2.05, 4.69) is 46.0 Å². The van der Waals surface area contributed by atoms with Gasteiger partial charge in [-0.05, 0) is 109 Å². The number of aliphatic hydroxyl groups excluding tert-OH is 3. The van der Waals surface area contributed by atoms with Crippen LogP contribution in [0.3, 0.4) is 0 Å². The highest BCUT2D eigenvalue weighted by atomic mass is 16.3. The van der Waals surface area contributed by atoms with E-state index in [1.807, 2.05) is 37.3 Å². The Morgan fingerprint density at radius 3 is 2.27 bits per heavy atom. The van der Waals surface area contributed by atoms with Crippen LogP contribution in [0.15, 0.2) is 42.0 Å². The first kappa shape index (κ1) is 29.4. The van der Waals surface area contributed by atoms with Gasteiger partial charge in [0, 0.05) is 11.1 Å². The zero-order valence-corrected chi connectivity index (χ0v) is 26.2. The summed E-state index contributed by atoms with van der Waals surface area (Å²) in [6.45, 7) is 14.0. The van der Waals surface area contributed by atoms with E-state index in [9.17, 15) is 20.1 Å². The number of para-hydroxylation sites is 1. The Hall–Kier alpha value is -1.69. The third kappa shape index (κ3) is 3.93. The number of fused-ring (bicyclic) bond motifs is 7. The van der Waals surface area contributed by atoms with Crippen molar-refractivity contribution in [3.63, 3.8) is 0 Å². The summed E-state index contributed by atoms with van der Waals surface area (Å²) in [4.78, 5) is 14.3. The summed E-state index contributed by atoms with van der Waals surface area (Å²) in [5, 5.41) is 36.0. The van der Waals surface area contributed by atoms with Crippen molar-refractivity contribution >= 4 is 11.6 Å². The summed E-state index contributed by atoms with van der Waals surface area (Å²) in [7, 11) is 0. The fourth-order valence-electron chi connectivity index (χ4n) is 11.6. The van der Waals surface area contributed by atoms with Gasteiger partial charge in [0.2, 0.25) is 5.91 Å². The molecule has 0 saturated heterocycles. The van der Waals surface area contributed by atoms with Crippen LogP contribution in [-0.4, -0.2) is 40.0 Å². The molecule has 41 heavy (non-hydrogen) atoms. The monoisotopic (exact) mass is 563 g/mol. The van der Waals surface area contributed by atoms with Crippen molar-refractivity contribution < 1.29 is 20.1 Å². The van der Waals surface area contributed by atoms with Crippen LogP contribution in [0, 0.1) is 50.2 Å². The molecule has 10 atom stereocenters. The molecule has 0 radical (unpaired) electrons. The van der Waals surface area contributed by atoms with Gasteiger partial charge in [0.05, 0.1) is 24.2 Å². The zero-order chi connectivity index (χ0) is 29.6. The summed E-state index contributed by atoms with van der Waals surface area (Å²) in [5.41, 5.74) is 1.30. The van der Waals surface area contributed by atoms with Crippen molar-refractivity contribution in [3.8, 4) is 0 Å². The first-order valence-electron chi connectivity index (χ1n) is 16.2. The predicted molar refractivity (Wildman–Crippen MR) is 163 cm³/mol. The number of hydrogen-bond acceptors (Lipinski definition) is 4. The second-order valence-corrected chi connectivity index (χ2v) is 16.6. The quantitative estimate of drug-likeness (QED) is 0.307. The largest absolute Gasteiger partial charge is 0.396 e. The van der Waals surface area contributed by atoms with E-state index in [1.165, 1.54) is 5.57 Å². The summed E-state index contributed by atoms with van der Waals surface area (Å²) < 4.78 is 0. The first-order valence-corrected chi connectivity index (χ1v) is 16.2. The first-order chi connectivity index (χ1) is 19.2. The second kappa shape index (κ2) is 9.40. The Morgan fingerprint density at radius 2 is 1.59 bits per heavy atom. The number of nitrogens with one attached hydrogen (secondary N) is 1. The zero-order valence-electron chi connectivity index (χ0n) is 26.2. The third-order valence-corrected chi connectivity index (χ3v) is 14.2. The molecule has 5 aliphatic rings. The van der Waals surface area contributed by atoms with E-state index in [-0.39, 0.29) is 51.4 Å². The maximum Gasteiger partial charge on any atom is 0.231 e. The molecular formula is C36H53NO4. The molecule has 0 aliphatic heterocycles. The van der Waals surface area contributed by atoms with E-state index in [0.717, 1.165) is 57.1 Å². The van der Waals surface area contributed by atoms with Crippen LogP contribution in [0.1, 0.15) is 99.3 Å². The Morgan fingerprint density at radius 1 is 0.902 bits per heavy atom. The normalized spacial score (nSPS) is 48.5. The van der Waals surface area contributed by atoms with Gasteiger partial charge in [0.15, 0.2) is 0 Å². The number of amides is 1. The summed E-state index contributed by atoms with van der Waals surface area (Å²) in [5.74, 6) is 0.914. The topological polar surface area (TPSA) is 89.8 Å². The lowest BCUT2D eigenvalue weighted by Crippen LogP contribution is -2.68. The van der Waals surface area contributed by atoms with Crippen LogP contribution in [0.2, 0.25) is 0 Å². The average molecular weight is 564 g/mol. The van der Waals surface area contributed by atoms with E-state index >= 15 is 0 Å². The van der Waals surface area contributed by atoms with Crippen molar-refractivity contribution in [1.82, 2.24) is 0 Å². The molecule has 1 aromatic rings. The Balaban J connectivity index is 1.41. The Kier molecular flexibility index (Phi) is 6.74. The van der Waals surface area contributed by atoms with Gasteiger partial charge in [-0.3, -0.25) is 4.79 Å². The third-order valence-electron chi connectivity index (χ3n) is 14.2. The van der Waals surface area contributed by atoms with Crippen LogP contribution < -0.4 is 5.32 Å². The number of allylic oxidation sites excluding steroid dienone is 2. The van der Waals surface area contributed by atoms with Gasteiger partial charge in [-0.1, -0.05) is 71.4 Å². The van der Waals surface area contributed by atoms with Gasteiger partial charge in [-0.25, -0.2) is 0 Å². The molecule has 4 saturated carbocycles. The lowest BCUT2D eigenvalue weighted by molar-refractivity contribution is -0.243. The van der Waals surface area contributed by atoms with Crippen molar-refractivity contribution in [2.24, 2.45) is 50.2 Å². The fourth-order valence-corrected chi connectivity index (χ4v) is 11.6. The van der Waals surface area contributed by atoms with Gasteiger partial charge in [-0.15, -0.1) is 0 Å². The van der Waals surface area contributed by atoms with Crippen LogP contribution in [0.4, 0.5) is 5.69 Å². The molecule has 0 aromatic heterocycles. The molecule has 1 aromatic carbocycles. The lowest BCUT2D eigenvalue weighted by atomic mass is 9.33. The molecule has 226 valence electrons. The number of carbonyl (C=O) groups is 1. The van der Waals surface area contributed by atoms with Gasteiger partial charge in [0.1, 0.15) is 0 Å². The molecule has 5 nitrogen and oxygen atoms in total. The van der Waals surface area contributed by atoms with Gasteiger partial charge >= 0.3 is 0 Å². The van der Waals surface area contributed by atoms with Crippen molar-refractivity contribution in [1.29, 1.82) is 0 Å². The molecule has 1 amide bonds. The number of carbonyl (C=O) groups excluding carboxylic acids is 1. The number of benzene rings is 1. The van der Waals surface area contributed by atoms with Gasteiger partial charge in [0.25, 0.3) is 0 Å². The molecule has 5 aliphatic carbocycles. The minimum absolute atomic E-state index is 0.0182. The van der Waals surface area contributed by atoms with Crippen molar-refractivity contribution in [3.05, 3.63) is 42.0 Å². The maximum absolute atomic E-state index is 14.3. The molecule has 6 rings (SSSR count). The van der Waals surface area contributed by atoms with E-state index in [4.69, 9.17) is 0 Å². The minimum atomic E-state index is -0.900. The molecule has 0 bridgehead atoms. The highest BCUT2D eigenvalue weighted by Gasteiger charge is 2.70. The minimum Gasteiger partial charge on any atom is -0.396 e. The van der Waals surface area contributed by atoms with Gasteiger partial charge in [-0.2, -0.15) is 0 Å². The summed E-state index contributed by atoms with van der Waals surface area (Å²) in [6.07, 6.45) is 9.23. The molecule has 0 spiro atoms. The average Bonchev–Trinajstić information content (AvgIpc) is 2.92. The standard InChI is InChI=1S/C36H53NO4/c1-31(2)16-18-36(30(41)37-23-10-8-7-9-11-23)19-17-34(5)24(25(36)20-31)12-13-28-32(3)21-26(39)29(40)33(4,22-38)27(32)14-15-35(28,34)6/h7-12,25-29,38-40H,13-22H2,1-6H3,(H,37,41)/t25?,26-,27?,28?,29+,32+,33+,34-,35-,36+/m1/s1. The molecule has 4 fully saturated rings. The Bertz CT molecular complexity index is 1230. The maximum atomic E-state index is 14.3. The van der Waals surface area contributed by atoms with E-state index in [1.54, 1.807) is 0 Å². The Labute approximate surface area is 247 Å². The lowest BCUT2D eigenvalue weighted by Gasteiger charge is -2.71. The summed E-state index contributed by atoms with van der Waals surface area (Å²) >= 11 is 0. The number of hydrogen-bond donors (Lipinski definition) is 4. The summed E-state index contributed by atoms with van der Waals surface area (Å²) in [6, 6.07) is 9.93. The van der Waals surface area contributed by atoms with Crippen molar-refractivity contribution in [2.75, 3.05) is 11.9 Å². The molecular weight excluding hydrogens is 510 g/mol. The molecule has 5 heteroatoms. The highest BCUT2D eigenvalue weighted by molar-refractivity contribution is 5.96. The van der Waals surface area contributed by atoms with Crippen molar-refractivity contribution in [2.45, 2.75) is 112 Å².